The molecule has 1 aromatic heterocycles. The van der Waals surface area contributed by atoms with Crippen LogP contribution >= 0.6 is 0 Å². The van der Waals surface area contributed by atoms with Gasteiger partial charge in [0.2, 0.25) is 0 Å². The van der Waals surface area contributed by atoms with Crippen molar-refractivity contribution in [1.29, 1.82) is 0 Å². The fourth-order valence-corrected chi connectivity index (χ4v) is 2.81. The second kappa shape index (κ2) is 6.27. The highest BCUT2D eigenvalue weighted by atomic mass is 15.2. The molecule has 1 aliphatic heterocycles. The third kappa shape index (κ3) is 3.28. The van der Waals surface area contributed by atoms with Crippen LogP contribution in [-0.4, -0.2) is 55.1 Å². The second-order valence-corrected chi connectivity index (χ2v) is 5.36. The molecule has 1 aromatic rings. The molecule has 4 heteroatoms. The Balaban J connectivity index is 1.95. The first-order valence-corrected chi connectivity index (χ1v) is 6.70. The predicted molar refractivity (Wildman–Crippen MR) is 74.3 cm³/mol. The minimum Gasteiger partial charge on any atom is -0.329 e. The van der Waals surface area contributed by atoms with Crippen LogP contribution in [0.1, 0.15) is 18.2 Å². The smallest absolute Gasteiger partial charge is 0.0642 e. The number of nitrogens with zero attached hydrogens (tertiary/aromatic N) is 3. The summed E-state index contributed by atoms with van der Waals surface area (Å²) in [5.41, 5.74) is 6.99. The Bertz CT molecular complexity index is 354. The third-order valence-corrected chi connectivity index (χ3v) is 3.82. The molecule has 18 heavy (non-hydrogen) atoms. The molecule has 0 radical (unpaired) electrons. The summed E-state index contributed by atoms with van der Waals surface area (Å²) in [7, 11) is 4.35. The molecule has 1 aliphatic rings. The van der Waals surface area contributed by atoms with Crippen molar-refractivity contribution in [3.63, 3.8) is 0 Å². The van der Waals surface area contributed by atoms with Gasteiger partial charge in [-0.25, -0.2) is 0 Å². The Morgan fingerprint density at radius 3 is 2.94 bits per heavy atom. The fraction of sp³-hybridized carbons (Fsp3) is 0.643. The molecule has 1 fully saturated rings. The maximum absolute atomic E-state index is 5.92. The number of likely N-dealkylation sites (N-methyl/N-ethyl adjacent to an activating group) is 1. The van der Waals surface area contributed by atoms with Gasteiger partial charge in [0.05, 0.1) is 11.7 Å². The summed E-state index contributed by atoms with van der Waals surface area (Å²) in [6, 6.07) is 6.28. The Hall–Kier alpha value is -0.970. The van der Waals surface area contributed by atoms with E-state index in [1.807, 2.05) is 18.3 Å². The van der Waals surface area contributed by atoms with Crippen molar-refractivity contribution < 1.29 is 0 Å². The van der Waals surface area contributed by atoms with Crippen LogP contribution in [0.4, 0.5) is 0 Å². The molecule has 0 amide bonds. The minimum atomic E-state index is 0.233. The molecular weight excluding hydrogens is 224 g/mol. The summed E-state index contributed by atoms with van der Waals surface area (Å²) < 4.78 is 0. The van der Waals surface area contributed by atoms with Crippen molar-refractivity contribution >= 4 is 0 Å². The van der Waals surface area contributed by atoms with Crippen molar-refractivity contribution in [3.8, 4) is 0 Å². The molecular formula is C14H24N4. The van der Waals surface area contributed by atoms with Crippen molar-refractivity contribution in [2.24, 2.45) is 11.7 Å². The SMILES string of the molecule is CN1CCC(CN(C)C(CN)c2ccccn2)C1. The summed E-state index contributed by atoms with van der Waals surface area (Å²) in [6.45, 7) is 4.14. The topological polar surface area (TPSA) is 45.4 Å². The van der Waals surface area contributed by atoms with Gasteiger partial charge < -0.3 is 10.6 Å². The monoisotopic (exact) mass is 248 g/mol. The number of pyridine rings is 1. The second-order valence-electron chi connectivity index (χ2n) is 5.36. The van der Waals surface area contributed by atoms with Crippen molar-refractivity contribution in [2.45, 2.75) is 12.5 Å². The van der Waals surface area contributed by atoms with E-state index in [1.54, 1.807) is 0 Å². The molecule has 0 saturated carbocycles. The zero-order valence-electron chi connectivity index (χ0n) is 11.4. The van der Waals surface area contributed by atoms with Crippen LogP contribution in [0.5, 0.6) is 0 Å². The van der Waals surface area contributed by atoms with Crippen LogP contribution in [0.25, 0.3) is 0 Å². The van der Waals surface area contributed by atoms with E-state index >= 15 is 0 Å². The third-order valence-electron chi connectivity index (χ3n) is 3.82. The average molecular weight is 248 g/mol. The molecule has 2 unspecified atom stereocenters. The summed E-state index contributed by atoms with van der Waals surface area (Å²) >= 11 is 0. The van der Waals surface area contributed by atoms with Gasteiger partial charge >= 0.3 is 0 Å². The predicted octanol–water partition coefficient (Wildman–Crippen LogP) is 0.965. The quantitative estimate of drug-likeness (QED) is 0.843. The lowest BCUT2D eigenvalue weighted by Gasteiger charge is -2.28. The van der Waals surface area contributed by atoms with Crippen LogP contribution in [0.2, 0.25) is 0 Å². The molecule has 100 valence electrons. The van der Waals surface area contributed by atoms with Crippen molar-refractivity contribution in [2.75, 3.05) is 40.3 Å². The molecule has 0 spiro atoms. The average Bonchev–Trinajstić information content (AvgIpc) is 2.77. The number of likely N-dealkylation sites (tertiary alicyclic amines) is 1. The van der Waals surface area contributed by atoms with Gasteiger partial charge in [0.25, 0.3) is 0 Å². The van der Waals surface area contributed by atoms with Gasteiger partial charge in [0.15, 0.2) is 0 Å². The van der Waals surface area contributed by atoms with Crippen molar-refractivity contribution in [1.82, 2.24) is 14.8 Å². The molecule has 0 aliphatic carbocycles. The Morgan fingerprint density at radius 1 is 1.56 bits per heavy atom. The van der Waals surface area contributed by atoms with Gasteiger partial charge in [0, 0.05) is 25.8 Å². The van der Waals surface area contributed by atoms with Crippen molar-refractivity contribution in [3.05, 3.63) is 30.1 Å². The van der Waals surface area contributed by atoms with E-state index in [9.17, 15) is 0 Å². The zero-order chi connectivity index (χ0) is 13.0. The highest BCUT2D eigenvalue weighted by molar-refractivity contribution is 5.09. The maximum Gasteiger partial charge on any atom is 0.0642 e. The normalized spacial score (nSPS) is 22.6. The van der Waals surface area contributed by atoms with E-state index in [-0.39, 0.29) is 6.04 Å². The molecule has 2 atom stereocenters. The largest absolute Gasteiger partial charge is 0.329 e. The van der Waals surface area contributed by atoms with Gasteiger partial charge in [-0.1, -0.05) is 6.07 Å². The van der Waals surface area contributed by atoms with Gasteiger partial charge in [-0.2, -0.15) is 0 Å². The summed E-state index contributed by atoms with van der Waals surface area (Å²) in [5.74, 6) is 0.762. The molecule has 2 heterocycles. The highest BCUT2D eigenvalue weighted by Gasteiger charge is 2.24. The van der Waals surface area contributed by atoms with E-state index in [0.29, 0.717) is 6.54 Å². The summed E-state index contributed by atoms with van der Waals surface area (Å²) in [5, 5.41) is 0. The molecule has 1 saturated heterocycles. The van der Waals surface area contributed by atoms with Crippen LogP contribution in [-0.2, 0) is 0 Å². The van der Waals surface area contributed by atoms with Crippen LogP contribution in [0, 0.1) is 5.92 Å². The molecule has 2 N–H and O–H groups in total. The lowest BCUT2D eigenvalue weighted by molar-refractivity contribution is 0.208. The van der Waals surface area contributed by atoms with E-state index in [2.05, 4.69) is 34.9 Å². The number of aromatic nitrogens is 1. The first-order chi connectivity index (χ1) is 8.70. The van der Waals surface area contributed by atoms with Gasteiger partial charge in [0.1, 0.15) is 0 Å². The Labute approximate surface area is 110 Å². The molecule has 0 bridgehead atoms. The summed E-state index contributed by atoms with van der Waals surface area (Å²) in [6.07, 6.45) is 3.13. The minimum absolute atomic E-state index is 0.233. The van der Waals surface area contributed by atoms with E-state index in [1.165, 1.54) is 19.5 Å². The van der Waals surface area contributed by atoms with E-state index < -0.39 is 0 Å². The first kappa shape index (κ1) is 13.5. The highest BCUT2D eigenvalue weighted by Crippen LogP contribution is 2.21. The number of nitrogens with two attached hydrogens (primary N) is 1. The zero-order valence-corrected chi connectivity index (χ0v) is 11.4. The Kier molecular flexibility index (Phi) is 4.69. The standard InChI is InChI=1S/C14H24N4/c1-17-8-6-12(10-17)11-18(2)14(9-15)13-5-3-4-7-16-13/h3-5,7,12,14H,6,8-11,15H2,1-2H3. The van der Waals surface area contributed by atoms with E-state index in [0.717, 1.165) is 18.2 Å². The molecule has 0 aromatic carbocycles. The fourth-order valence-electron chi connectivity index (χ4n) is 2.81. The number of hydrogen-bond donors (Lipinski definition) is 1. The molecule has 2 rings (SSSR count). The maximum atomic E-state index is 5.92. The van der Waals surface area contributed by atoms with Gasteiger partial charge in [-0.15, -0.1) is 0 Å². The summed E-state index contributed by atoms with van der Waals surface area (Å²) in [4.78, 5) is 9.18. The number of hydrogen-bond acceptors (Lipinski definition) is 4. The Morgan fingerprint density at radius 2 is 2.39 bits per heavy atom. The lowest BCUT2D eigenvalue weighted by Crippen LogP contribution is -2.35. The van der Waals surface area contributed by atoms with Crippen LogP contribution < -0.4 is 5.73 Å². The van der Waals surface area contributed by atoms with E-state index in [4.69, 9.17) is 5.73 Å². The molecule has 4 nitrogen and oxygen atoms in total. The number of rotatable bonds is 5. The lowest BCUT2D eigenvalue weighted by atomic mass is 10.1. The first-order valence-electron chi connectivity index (χ1n) is 6.70. The van der Waals surface area contributed by atoms with Crippen LogP contribution in [0.15, 0.2) is 24.4 Å². The van der Waals surface area contributed by atoms with Crippen LogP contribution in [0.3, 0.4) is 0 Å². The van der Waals surface area contributed by atoms with Gasteiger partial charge in [-0.05, 0) is 45.1 Å². The van der Waals surface area contributed by atoms with Gasteiger partial charge in [-0.3, -0.25) is 9.88 Å².